The number of carbonyl (C=O) groups excluding carboxylic acids is 1. The van der Waals surface area contributed by atoms with Crippen LogP contribution in [-0.4, -0.2) is 47.5 Å². The van der Waals surface area contributed by atoms with Gasteiger partial charge in [0.05, 0.1) is 6.54 Å². The van der Waals surface area contributed by atoms with E-state index in [-0.39, 0.29) is 11.8 Å². The third-order valence-electron chi connectivity index (χ3n) is 4.48. The lowest BCUT2D eigenvalue weighted by molar-refractivity contribution is -0.131. The van der Waals surface area contributed by atoms with Gasteiger partial charge in [0, 0.05) is 31.4 Å². The molecule has 25 heavy (non-hydrogen) atoms. The van der Waals surface area contributed by atoms with Crippen LogP contribution in [0.5, 0.6) is 11.6 Å². The van der Waals surface area contributed by atoms with E-state index >= 15 is 0 Å². The average molecular weight is 340 g/mol. The van der Waals surface area contributed by atoms with Crippen LogP contribution in [0.25, 0.3) is 0 Å². The van der Waals surface area contributed by atoms with E-state index in [0.717, 1.165) is 36.4 Å². The first-order valence-corrected chi connectivity index (χ1v) is 8.66. The Bertz CT molecular complexity index is 735. The van der Waals surface area contributed by atoms with Crippen molar-refractivity contribution < 1.29 is 9.53 Å². The van der Waals surface area contributed by atoms with Crippen molar-refractivity contribution in [1.29, 1.82) is 0 Å². The van der Waals surface area contributed by atoms with Crippen molar-refractivity contribution >= 4 is 5.91 Å². The molecule has 2 aromatic rings. The van der Waals surface area contributed by atoms with Crippen LogP contribution in [0.15, 0.2) is 36.7 Å². The molecule has 0 unspecified atom stereocenters. The highest BCUT2D eigenvalue weighted by Crippen LogP contribution is 2.33. The fourth-order valence-corrected chi connectivity index (χ4v) is 3.16. The number of para-hydroxylation sites is 1. The van der Waals surface area contributed by atoms with E-state index in [9.17, 15) is 4.79 Å². The molecule has 1 atom stereocenters. The molecule has 6 nitrogen and oxygen atoms in total. The van der Waals surface area contributed by atoms with Crippen molar-refractivity contribution in [2.75, 3.05) is 26.7 Å². The van der Waals surface area contributed by atoms with Crippen LogP contribution in [0.1, 0.15) is 30.0 Å². The number of hydrogen-bond acceptors (Lipinski definition) is 5. The number of hydrogen-bond donors (Lipinski definition) is 1. The molecule has 6 heteroatoms. The van der Waals surface area contributed by atoms with Crippen molar-refractivity contribution in [2.45, 2.75) is 25.7 Å². The lowest BCUT2D eigenvalue weighted by atomic mass is 9.94. The van der Waals surface area contributed by atoms with E-state index in [4.69, 9.17) is 4.74 Å². The van der Waals surface area contributed by atoms with Gasteiger partial charge in [-0.25, -0.2) is 4.98 Å². The fraction of sp³-hybridized carbons (Fsp3) is 0.421. The van der Waals surface area contributed by atoms with E-state index in [2.05, 4.69) is 15.3 Å². The highest BCUT2D eigenvalue weighted by molar-refractivity contribution is 5.78. The molecule has 1 fully saturated rings. The lowest BCUT2D eigenvalue weighted by Crippen LogP contribution is -2.43. The van der Waals surface area contributed by atoms with Crippen LogP contribution in [0.3, 0.4) is 0 Å². The molecule has 132 valence electrons. The topological polar surface area (TPSA) is 67.4 Å². The maximum atomic E-state index is 12.2. The third-order valence-corrected chi connectivity index (χ3v) is 4.48. The van der Waals surface area contributed by atoms with Crippen molar-refractivity contribution in [3.8, 4) is 11.6 Å². The van der Waals surface area contributed by atoms with E-state index in [1.165, 1.54) is 0 Å². The minimum Gasteiger partial charge on any atom is -0.437 e. The second-order valence-electron chi connectivity index (χ2n) is 6.32. The summed E-state index contributed by atoms with van der Waals surface area (Å²) < 4.78 is 6.05. The normalized spacial score (nSPS) is 17.4. The SMILES string of the molecule is CNCC(=O)N1CCC[C@@H](c2nccnc2Oc2ccccc2C)C1. The molecule has 3 rings (SSSR count). The molecule has 0 saturated carbocycles. The molecule has 0 bridgehead atoms. The molecule has 1 aromatic carbocycles. The standard InChI is InChI=1S/C19H24N4O2/c1-14-6-3-4-8-16(14)25-19-18(21-9-10-22-19)15-7-5-11-23(13-15)17(24)12-20-2/h3-4,6,8-10,15,20H,5,7,11-13H2,1-2H3/t15-/m1/s1. The van der Waals surface area contributed by atoms with Gasteiger partial charge in [-0.05, 0) is 38.4 Å². The van der Waals surface area contributed by atoms with Gasteiger partial charge in [-0.2, -0.15) is 0 Å². The number of aromatic nitrogens is 2. The number of nitrogens with zero attached hydrogens (tertiary/aromatic N) is 3. The van der Waals surface area contributed by atoms with Crippen LogP contribution < -0.4 is 10.1 Å². The highest BCUT2D eigenvalue weighted by atomic mass is 16.5. The summed E-state index contributed by atoms with van der Waals surface area (Å²) in [5.74, 6) is 1.58. The lowest BCUT2D eigenvalue weighted by Gasteiger charge is -2.32. The Morgan fingerprint density at radius 2 is 2.12 bits per heavy atom. The number of benzene rings is 1. The molecule has 0 radical (unpaired) electrons. The molecule has 1 N–H and O–H groups in total. The summed E-state index contributed by atoms with van der Waals surface area (Å²) >= 11 is 0. The van der Waals surface area contributed by atoms with Crippen LogP contribution in [0, 0.1) is 6.92 Å². The number of nitrogens with one attached hydrogen (secondary N) is 1. The molecule has 0 aliphatic carbocycles. The maximum absolute atomic E-state index is 12.2. The monoisotopic (exact) mass is 340 g/mol. The summed E-state index contributed by atoms with van der Waals surface area (Å²) in [5, 5.41) is 2.93. The quantitative estimate of drug-likeness (QED) is 0.906. The number of ether oxygens (including phenoxy) is 1. The van der Waals surface area contributed by atoms with E-state index in [0.29, 0.717) is 19.0 Å². The minimum absolute atomic E-state index is 0.123. The third kappa shape index (κ3) is 4.14. The summed E-state index contributed by atoms with van der Waals surface area (Å²) in [6, 6.07) is 7.85. The molecule has 1 amide bonds. The van der Waals surface area contributed by atoms with Crippen LogP contribution in [-0.2, 0) is 4.79 Å². The summed E-state index contributed by atoms with van der Waals surface area (Å²) in [5.41, 5.74) is 1.88. The van der Waals surface area contributed by atoms with Gasteiger partial charge in [0.1, 0.15) is 11.4 Å². The molecule has 1 saturated heterocycles. The van der Waals surface area contributed by atoms with Gasteiger partial charge in [-0.3, -0.25) is 9.78 Å². The number of piperidine rings is 1. The maximum Gasteiger partial charge on any atom is 0.241 e. The first-order chi connectivity index (χ1) is 12.2. The summed E-state index contributed by atoms with van der Waals surface area (Å²) in [4.78, 5) is 23.0. The van der Waals surface area contributed by atoms with Gasteiger partial charge in [0.25, 0.3) is 0 Å². The predicted octanol–water partition coefficient (Wildman–Crippen LogP) is 2.50. The Hall–Kier alpha value is -2.47. The Labute approximate surface area is 148 Å². The molecular weight excluding hydrogens is 316 g/mol. The fourth-order valence-electron chi connectivity index (χ4n) is 3.16. The Morgan fingerprint density at radius 3 is 2.92 bits per heavy atom. The summed E-state index contributed by atoms with van der Waals surface area (Å²) in [7, 11) is 1.79. The highest BCUT2D eigenvalue weighted by Gasteiger charge is 2.28. The van der Waals surface area contributed by atoms with Crippen LogP contribution >= 0.6 is 0 Å². The molecule has 1 aromatic heterocycles. The number of carbonyl (C=O) groups is 1. The zero-order valence-corrected chi connectivity index (χ0v) is 14.7. The second-order valence-corrected chi connectivity index (χ2v) is 6.32. The van der Waals surface area contributed by atoms with E-state index in [1.54, 1.807) is 19.4 Å². The van der Waals surface area contributed by atoms with E-state index < -0.39 is 0 Å². The number of likely N-dealkylation sites (N-methyl/N-ethyl adjacent to an activating group) is 1. The Kier molecular flexibility index (Phi) is 5.60. The summed E-state index contributed by atoms with van der Waals surface area (Å²) in [6.45, 7) is 3.82. The molecule has 1 aliphatic heterocycles. The Balaban J connectivity index is 1.80. The number of aryl methyl sites for hydroxylation is 1. The van der Waals surface area contributed by atoms with Crippen LogP contribution in [0.4, 0.5) is 0 Å². The van der Waals surface area contributed by atoms with Gasteiger partial charge in [0.15, 0.2) is 0 Å². The largest absolute Gasteiger partial charge is 0.437 e. The zero-order valence-electron chi connectivity index (χ0n) is 14.7. The summed E-state index contributed by atoms with van der Waals surface area (Å²) in [6.07, 6.45) is 5.27. The number of amides is 1. The first kappa shape index (κ1) is 17.4. The zero-order chi connectivity index (χ0) is 17.6. The van der Waals surface area contributed by atoms with Gasteiger partial charge in [0.2, 0.25) is 11.8 Å². The van der Waals surface area contributed by atoms with Gasteiger partial charge < -0.3 is 15.0 Å². The molecule has 0 spiro atoms. The van der Waals surface area contributed by atoms with E-state index in [1.807, 2.05) is 36.1 Å². The molecular formula is C19H24N4O2. The smallest absolute Gasteiger partial charge is 0.241 e. The van der Waals surface area contributed by atoms with Gasteiger partial charge in [-0.1, -0.05) is 18.2 Å². The Morgan fingerprint density at radius 1 is 1.32 bits per heavy atom. The second kappa shape index (κ2) is 8.07. The molecule has 2 heterocycles. The first-order valence-electron chi connectivity index (χ1n) is 8.66. The number of rotatable bonds is 5. The van der Waals surface area contributed by atoms with Gasteiger partial charge in [-0.15, -0.1) is 0 Å². The number of likely N-dealkylation sites (tertiary alicyclic amines) is 1. The molecule has 1 aliphatic rings. The average Bonchev–Trinajstić information content (AvgIpc) is 2.64. The van der Waals surface area contributed by atoms with Crippen molar-refractivity contribution in [2.24, 2.45) is 0 Å². The van der Waals surface area contributed by atoms with Crippen molar-refractivity contribution in [1.82, 2.24) is 20.2 Å². The van der Waals surface area contributed by atoms with Gasteiger partial charge >= 0.3 is 0 Å². The van der Waals surface area contributed by atoms with Crippen LogP contribution in [0.2, 0.25) is 0 Å². The van der Waals surface area contributed by atoms with Crippen molar-refractivity contribution in [3.63, 3.8) is 0 Å². The van der Waals surface area contributed by atoms with Crippen molar-refractivity contribution in [3.05, 3.63) is 47.9 Å². The minimum atomic E-state index is 0.123. The predicted molar refractivity (Wildman–Crippen MR) is 95.8 cm³/mol.